The molecule has 2 N–H and O–H groups in total. The summed E-state index contributed by atoms with van der Waals surface area (Å²) in [7, 11) is 3.54. The second-order valence-electron chi connectivity index (χ2n) is 4.07. The van der Waals surface area contributed by atoms with Gasteiger partial charge >= 0.3 is 0 Å². The van der Waals surface area contributed by atoms with Gasteiger partial charge in [0, 0.05) is 12.6 Å². The number of aromatic nitrogens is 4. The van der Waals surface area contributed by atoms with E-state index in [1.54, 1.807) is 23.6 Å². The van der Waals surface area contributed by atoms with Gasteiger partial charge in [-0.05, 0) is 22.6 Å². The van der Waals surface area contributed by atoms with E-state index in [-0.39, 0.29) is 12.4 Å². The number of quaternary nitrogens is 1. The number of methoxy groups -OCH3 is 1. The Morgan fingerprint density at radius 2 is 2.25 bits per heavy atom. The fraction of sp³-hybridized carbons (Fsp3) is 0.417. The molecule has 0 spiro atoms. The molecule has 2 aromatic rings. The second-order valence-corrected chi connectivity index (χ2v) is 5.13. The Bertz CT molecular complexity index is 522. The van der Waals surface area contributed by atoms with Crippen molar-refractivity contribution in [1.82, 2.24) is 20.2 Å². The molecule has 0 saturated heterocycles. The molecule has 1 aromatic heterocycles. The first-order valence-electron chi connectivity index (χ1n) is 6.09. The Balaban J connectivity index is 0.00000200. The standard InChI is InChI=1S/C12H17N5OS.ClH/c1-17-12(14-15-16-17)19-7-6-13-9-10-4-3-5-11(8-10)18-2;/h3-5,8,13H,6-7,9H2,1-2H3;1H. The topological polar surface area (TPSA) is 69.4 Å². The van der Waals surface area contributed by atoms with Crippen LogP contribution < -0.4 is 22.5 Å². The predicted molar refractivity (Wildman–Crippen MR) is 73.0 cm³/mol. The van der Waals surface area contributed by atoms with Crippen molar-refractivity contribution >= 4 is 11.8 Å². The van der Waals surface area contributed by atoms with Gasteiger partial charge in [0.05, 0.1) is 19.4 Å². The molecule has 20 heavy (non-hydrogen) atoms. The van der Waals surface area contributed by atoms with Crippen molar-refractivity contribution in [1.29, 1.82) is 0 Å². The summed E-state index contributed by atoms with van der Waals surface area (Å²) in [5.41, 5.74) is 1.27. The van der Waals surface area contributed by atoms with E-state index in [0.29, 0.717) is 0 Å². The van der Waals surface area contributed by atoms with Crippen LogP contribution in [-0.2, 0) is 13.6 Å². The van der Waals surface area contributed by atoms with E-state index in [1.807, 2.05) is 19.2 Å². The van der Waals surface area contributed by atoms with Crippen LogP contribution in [0, 0.1) is 0 Å². The van der Waals surface area contributed by atoms with Crippen LogP contribution in [0.4, 0.5) is 0 Å². The van der Waals surface area contributed by atoms with Crippen LogP contribution in [0.2, 0.25) is 0 Å². The summed E-state index contributed by atoms with van der Waals surface area (Å²) >= 11 is 1.67. The summed E-state index contributed by atoms with van der Waals surface area (Å²) in [4.78, 5) is 0. The summed E-state index contributed by atoms with van der Waals surface area (Å²) in [6.07, 6.45) is 0. The van der Waals surface area contributed by atoms with Gasteiger partial charge in [0.15, 0.2) is 0 Å². The number of rotatable bonds is 7. The highest BCUT2D eigenvalue weighted by atomic mass is 35.5. The van der Waals surface area contributed by atoms with Crippen molar-refractivity contribution < 1.29 is 22.5 Å². The third kappa shape index (κ3) is 4.99. The third-order valence-corrected chi connectivity index (χ3v) is 3.69. The number of nitrogens with two attached hydrogens (primary N) is 1. The lowest BCUT2D eigenvalue weighted by Gasteiger charge is -2.04. The number of halogens is 1. The summed E-state index contributed by atoms with van der Waals surface area (Å²) in [6.45, 7) is 1.98. The molecule has 8 heteroatoms. The summed E-state index contributed by atoms with van der Waals surface area (Å²) in [5, 5.41) is 14.5. The van der Waals surface area contributed by atoms with Crippen molar-refractivity contribution in [2.75, 3.05) is 19.4 Å². The smallest absolute Gasteiger partial charge is 0.209 e. The fourth-order valence-corrected chi connectivity index (χ4v) is 2.43. The predicted octanol–water partition coefficient (Wildman–Crippen LogP) is -2.92. The lowest BCUT2D eigenvalue weighted by molar-refractivity contribution is -0.666. The Hall–Kier alpha value is -1.31. The molecule has 1 aromatic carbocycles. The second kappa shape index (κ2) is 8.78. The van der Waals surface area contributed by atoms with Crippen LogP contribution in [0.3, 0.4) is 0 Å². The average molecular weight is 316 g/mol. The highest BCUT2D eigenvalue weighted by Crippen LogP contribution is 2.12. The molecule has 0 aliphatic carbocycles. The van der Waals surface area contributed by atoms with Crippen molar-refractivity contribution in [2.24, 2.45) is 7.05 Å². The summed E-state index contributed by atoms with van der Waals surface area (Å²) in [5.74, 6) is 1.89. The molecule has 0 unspecified atom stereocenters. The number of nitrogens with zero attached hydrogens (tertiary/aromatic N) is 4. The molecule has 6 nitrogen and oxygen atoms in total. The van der Waals surface area contributed by atoms with E-state index in [2.05, 4.69) is 33.0 Å². The minimum atomic E-state index is 0. The van der Waals surface area contributed by atoms with E-state index in [1.165, 1.54) is 5.56 Å². The normalized spacial score (nSPS) is 10.1. The van der Waals surface area contributed by atoms with Crippen LogP contribution in [0.15, 0.2) is 29.4 Å². The molecule has 0 atom stereocenters. The van der Waals surface area contributed by atoms with Gasteiger partial charge in [-0.25, -0.2) is 4.68 Å². The first kappa shape index (κ1) is 16.7. The van der Waals surface area contributed by atoms with Crippen molar-refractivity contribution in [2.45, 2.75) is 11.7 Å². The highest BCUT2D eigenvalue weighted by Gasteiger charge is 2.03. The maximum Gasteiger partial charge on any atom is 0.209 e. The average Bonchev–Trinajstić information content (AvgIpc) is 2.84. The maximum atomic E-state index is 5.20. The molecule has 110 valence electrons. The maximum absolute atomic E-state index is 5.20. The number of aryl methyl sites for hydroxylation is 1. The SMILES string of the molecule is COc1cccc(C[NH2+]CCSc2nnnn2C)c1.[Cl-]. The number of hydrogen-bond donors (Lipinski definition) is 1. The van der Waals surface area contributed by atoms with E-state index in [9.17, 15) is 0 Å². The van der Waals surface area contributed by atoms with Crippen LogP contribution >= 0.6 is 11.8 Å². The van der Waals surface area contributed by atoms with Crippen LogP contribution in [0.5, 0.6) is 5.75 Å². The van der Waals surface area contributed by atoms with Crippen molar-refractivity contribution in [3.05, 3.63) is 29.8 Å². The Kier molecular flexibility index (Phi) is 7.35. The van der Waals surface area contributed by atoms with E-state index >= 15 is 0 Å². The molecule has 0 aliphatic heterocycles. The van der Waals surface area contributed by atoms with Crippen LogP contribution in [0.1, 0.15) is 5.56 Å². The first-order chi connectivity index (χ1) is 9.29. The Morgan fingerprint density at radius 3 is 2.95 bits per heavy atom. The molecule has 0 radical (unpaired) electrons. The van der Waals surface area contributed by atoms with Gasteiger partial charge in [0.25, 0.3) is 0 Å². The Morgan fingerprint density at radius 1 is 1.40 bits per heavy atom. The lowest BCUT2D eigenvalue weighted by Crippen LogP contribution is -3.00. The largest absolute Gasteiger partial charge is 1.00 e. The van der Waals surface area contributed by atoms with Crippen LogP contribution in [0.25, 0.3) is 0 Å². The number of thioether (sulfide) groups is 1. The highest BCUT2D eigenvalue weighted by molar-refractivity contribution is 7.99. The molecule has 1 heterocycles. The van der Waals surface area contributed by atoms with Crippen molar-refractivity contribution in [3.63, 3.8) is 0 Å². The van der Waals surface area contributed by atoms with Gasteiger partial charge in [-0.15, -0.1) is 5.10 Å². The molecular formula is C12H18ClN5OS. The third-order valence-electron chi connectivity index (χ3n) is 2.65. The van der Waals surface area contributed by atoms with Gasteiger partial charge < -0.3 is 22.5 Å². The van der Waals surface area contributed by atoms with Gasteiger partial charge in [0.2, 0.25) is 5.16 Å². The minimum Gasteiger partial charge on any atom is -1.00 e. The van der Waals surface area contributed by atoms with Crippen LogP contribution in [-0.4, -0.2) is 39.6 Å². The molecule has 0 aliphatic rings. The van der Waals surface area contributed by atoms with Gasteiger partial charge in [-0.1, -0.05) is 23.9 Å². The zero-order valence-electron chi connectivity index (χ0n) is 11.5. The molecule has 0 fully saturated rings. The van der Waals surface area contributed by atoms with Crippen molar-refractivity contribution in [3.8, 4) is 5.75 Å². The van der Waals surface area contributed by atoms with E-state index < -0.39 is 0 Å². The molecule has 0 saturated carbocycles. The summed E-state index contributed by atoms with van der Waals surface area (Å²) < 4.78 is 6.89. The zero-order valence-corrected chi connectivity index (χ0v) is 13.1. The molecule has 2 rings (SSSR count). The van der Waals surface area contributed by atoms with E-state index in [4.69, 9.17) is 4.74 Å². The number of hydrogen-bond acceptors (Lipinski definition) is 5. The minimum absolute atomic E-state index is 0. The fourth-order valence-electron chi connectivity index (χ4n) is 1.65. The number of tetrazole rings is 1. The number of benzene rings is 1. The van der Waals surface area contributed by atoms with E-state index in [0.717, 1.165) is 29.7 Å². The molecule has 0 bridgehead atoms. The number of ether oxygens (including phenoxy) is 1. The monoisotopic (exact) mass is 315 g/mol. The first-order valence-corrected chi connectivity index (χ1v) is 7.08. The van der Waals surface area contributed by atoms with Gasteiger partial charge in [-0.2, -0.15) is 0 Å². The Labute approximate surface area is 128 Å². The quantitative estimate of drug-likeness (QED) is 0.438. The van der Waals surface area contributed by atoms with Gasteiger partial charge in [0.1, 0.15) is 12.3 Å². The zero-order chi connectivity index (χ0) is 13.5. The lowest BCUT2D eigenvalue weighted by atomic mass is 10.2. The molecule has 0 amide bonds. The molecular weight excluding hydrogens is 298 g/mol. The van der Waals surface area contributed by atoms with Gasteiger partial charge in [-0.3, -0.25) is 0 Å². The summed E-state index contributed by atoms with van der Waals surface area (Å²) in [6, 6.07) is 8.15.